The summed E-state index contributed by atoms with van der Waals surface area (Å²) in [4.78, 5) is 27.2. The Bertz CT molecular complexity index is 1130. The molecule has 0 atom stereocenters. The van der Waals surface area contributed by atoms with Gasteiger partial charge in [-0.05, 0) is 32.0 Å². The molecule has 0 radical (unpaired) electrons. The first kappa shape index (κ1) is 20.6. The first-order chi connectivity index (χ1) is 14.2. The van der Waals surface area contributed by atoms with E-state index in [0.29, 0.717) is 18.5 Å². The molecule has 1 amide bonds. The van der Waals surface area contributed by atoms with Crippen LogP contribution in [-0.4, -0.2) is 52.2 Å². The Hall–Kier alpha value is -2.62. The molecular formula is C20H19F3N2O4S. The van der Waals surface area contributed by atoms with Gasteiger partial charge < -0.3 is 14.1 Å². The third-order valence-electron chi connectivity index (χ3n) is 4.79. The average molecular weight is 440 g/mol. The Morgan fingerprint density at radius 1 is 1.13 bits per heavy atom. The van der Waals surface area contributed by atoms with Gasteiger partial charge in [0.05, 0.1) is 22.7 Å². The maximum Gasteiger partial charge on any atom is 0.419 e. The van der Waals surface area contributed by atoms with Gasteiger partial charge in [0.15, 0.2) is 11.3 Å². The van der Waals surface area contributed by atoms with E-state index >= 15 is 0 Å². The second kappa shape index (κ2) is 7.57. The number of halogens is 3. The molecule has 4 rings (SSSR count). The maximum atomic E-state index is 13.2. The molecule has 1 aromatic carbocycles. The smallest absolute Gasteiger partial charge is 0.419 e. The standard InChI is InChI=1S/C20H19F3N2O4S/c1-11(2)28-19(27)25-14-9-12(20(21,22)23)3-4-13(14)17-15(25)10-16(29-17)18(26)24-5-7-30-8-6-24/h3-4,9-11H,5-8H2,1-2H3. The summed E-state index contributed by atoms with van der Waals surface area (Å²) in [6, 6.07) is 4.45. The van der Waals surface area contributed by atoms with Gasteiger partial charge in [0.25, 0.3) is 5.91 Å². The van der Waals surface area contributed by atoms with Gasteiger partial charge in [0, 0.05) is 36.0 Å². The van der Waals surface area contributed by atoms with Crippen molar-refractivity contribution in [2.75, 3.05) is 24.6 Å². The number of carbonyl (C=O) groups excluding carboxylic acids is 2. The van der Waals surface area contributed by atoms with Crippen molar-refractivity contribution in [3.05, 3.63) is 35.6 Å². The van der Waals surface area contributed by atoms with Crippen LogP contribution in [0.25, 0.3) is 22.0 Å². The van der Waals surface area contributed by atoms with Crippen LogP contribution in [0.15, 0.2) is 28.7 Å². The van der Waals surface area contributed by atoms with Crippen molar-refractivity contribution >= 4 is 45.8 Å². The number of fused-ring (bicyclic) bond motifs is 3. The van der Waals surface area contributed by atoms with Crippen LogP contribution in [-0.2, 0) is 10.9 Å². The largest absolute Gasteiger partial charge is 0.449 e. The number of ether oxygens (including phenoxy) is 1. The average Bonchev–Trinajstić information content (AvgIpc) is 3.23. The Labute approximate surface area is 173 Å². The summed E-state index contributed by atoms with van der Waals surface area (Å²) >= 11 is 1.75. The molecule has 0 unspecified atom stereocenters. The zero-order chi connectivity index (χ0) is 21.6. The molecule has 6 nitrogen and oxygen atoms in total. The first-order valence-electron chi connectivity index (χ1n) is 9.40. The number of nitrogens with zero attached hydrogens (tertiary/aromatic N) is 2. The molecule has 1 aliphatic heterocycles. The van der Waals surface area contributed by atoms with Crippen LogP contribution in [0, 0.1) is 0 Å². The number of alkyl halides is 3. The lowest BCUT2D eigenvalue weighted by Crippen LogP contribution is -2.37. The minimum atomic E-state index is -4.57. The molecular weight excluding hydrogens is 421 g/mol. The van der Waals surface area contributed by atoms with Crippen molar-refractivity contribution in [2.24, 2.45) is 0 Å². The van der Waals surface area contributed by atoms with Gasteiger partial charge in [-0.25, -0.2) is 9.36 Å². The van der Waals surface area contributed by atoms with Gasteiger partial charge >= 0.3 is 12.3 Å². The topological polar surface area (TPSA) is 64.7 Å². The number of aromatic nitrogens is 1. The van der Waals surface area contributed by atoms with E-state index in [-0.39, 0.29) is 28.3 Å². The quantitative estimate of drug-likeness (QED) is 0.562. The predicted octanol–water partition coefficient (Wildman–Crippen LogP) is 4.99. The first-order valence-corrected chi connectivity index (χ1v) is 10.6. The van der Waals surface area contributed by atoms with E-state index in [9.17, 15) is 22.8 Å². The molecule has 160 valence electrons. The molecule has 0 N–H and O–H groups in total. The molecule has 1 saturated heterocycles. The van der Waals surface area contributed by atoms with Crippen molar-refractivity contribution in [2.45, 2.75) is 26.1 Å². The molecule has 3 heterocycles. The normalized spacial score (nSPS) is 15.3. The summed E-state index contributed by atoms with van der Waals surface area (Å²) in [5, 5.41) is 0.298. The van der Waals surface area contributed by atoms with Crippen molar-refractivity contribution in [3.63, 3.8) is 0 Å². The van der Waals surface area contributed by atoms with Crippen LogP contribution in [0.3, 0.4) is 0 Å². The number of rotatable bonds is 2. The van der Waals surface area contributed by atoms with Crippen LogP contribution in [0.1, 0.15) is 30.0 Å². The second-order valence-corrected chi connectivity index (χ2v) is 8.45. The Morgan fingerprint density at radius 3 is 2.47 bits per heavy atom. The molecule has 3 aromatic rings. The number of carbonyl (C=O) groups is 2. The van der Waals surface area contributed by atoms with Gasteiger partial charge in [0.2, 0.25) is 0 Å². The molecule has 0 spiro atoms. The van der Waals surface area contributed by atoms with E-state index < -0.39 is 23.9 Å². The van der Waals surface area contributed by atoms with Crippen LogP contribution in [0.4, 0.5) is 18.0 Å². The van der Waals surface area contributed by atoms with E-state index in [1.807, 2.05) is 0 Å². The van der Waals surface area contributed by atoms with Crippen LogP contribution in [0.5, 0.6) is 0 Å². The zero-order valence-electron chi connectivity index (χ0n) is 16.3. The molecule has 30 heavy (non-hydrogen) atoms. The van der Waals surface area contributed by atoms with E-state index in [1.54, 1.807) is 30.5 Å². The lowest BCUT2D eigenvalue weighted by molar-refractivity contribution is -0.137. The highest BCUT2D eigenvalue weighted by molar-refractivity contribution is 7.99. The zero-order valence-corrected chi connectivity index (χ0v) is 17.1. The predicted molar refractivity (Wildman–Crippen MR) is 107 cm³/mol. The van der Waals surface area contributed by atoms with E-state index in [1.165, 1.54) is 12.1 Å². The summed E-state index contributed by atoms with van der Waals surface area (Å²) in [5.74, 6) is 1.37. The SMILES string of the molecule is CC(C)OC(=O)n1c2cc(C(F)(F)F)ccc2c2oc(C(=O)N3CCSCC3)cc21. The summed E-state index contributed by atoms with van der Waals surface area (Å²) in [5.41, 5.74) is -0.507. The van der Waals surface area contributed by atoms with E-state index in [0.717, 1.165) is 28.2 Å². The Morgan fingerprint density at radius 2 is 1.83 bits per heavy atom. The van der Waals surface area contributed by atoms with Crippen molar-refractivity contribution < 1.29 is 31.9 Å². The summed E-state index contributed by atoms with van der Waals surface area (Å²) < 4.78 is 51.7. The minimum Gasteiger partial charge on any atom is -0.449 e. The van der Waals surface area contributed by atoms with Gasteiger partial charge in [-0.1, -0.05) is 0 Å². The van der Waals surface area contributed by atoms with Crippen LogP contribution >= 0.6 is 11.8 Å². The summed E-state index contributed by atoms with van der Waals surface area (Å²) in [6.07, 6.45) is -5.88. The van der Waals surface area contributed by atoms with Crippen LogP contribution in [0.2, 0.25) is 0 Å². The molecule has 0 bridgehead atoms. The second-order valence-electron chi connectivity index (χ2n) is 7.23. The molecule has 0 aliphatic carbocycles. The van der Waals surface area contributed by atoms with Gasteiger partial charge in [-0.2, -0.15) is 24.9 Å². The maximum absolute atomic E-state index is 13.2. The Balaban J connectivity index is 1.87. The molecule has 1 fully saturated rings. The van der Waals surface area contributed by atoms with Crippen molar-refractivity contribution in [1.29, 1.82) is 0 Å². The number of thioether (sulfide) groups is 1. The van der Waals surface area contributed by atoms with Crippen LogP contribution < -0.4 is 0 Å². The number of amides is 1. The Kier molecular flexibility index (Phi) is 5.21. The van der Waals surface area contributed by atoms with Gasteiger partial charge in [-0.15, -0.1) is 0 Å². The number of benzene rings is 1. The van der Waals surface area contributed by atoms with Crippen molar-refractivity contribution in [1.82, 2.24) is 9.47 Å². The van der Waals surface area contributed by atoms with Gasteiger partial charge in [-0.3, -0.25) is 4.79 Å². The lowest BCUT2D eigenvalue weighted by atomic mass is 10.1. The third kappa shape index (κ3) is 3.64. The summed E-state index contributed by atoms with van der Waals surface area (Å²) in [7, 11) is 0. The highest BCUT2D eigenvalue weighted by Gasteiger charge is 2.33. The van der Waals surface area contributed by atoms with E-state index in [4.69, 9.17) is 9.15 Å². The number of hydrogen-bond acceptors (Lipinski definition) is 5. The highest BCUT2D eigenvalue weighted by Crippen LogP contribution is 2.37. The number of furan rings is 1. The molecule has 0 saturated carbocycles. The monoisotopic (exact) mass is 440 g/mol. The lowest BCUT2D eigenvalue weighted by Gasteiger charge is -2.25. The summed E-state index contributed by atoms with van der Waals surface area (Å²) in [6.45, 7) is 4.44. The molecule has 10 heteroatoms. The molecule has 1 aliphatic rings. The fourth-order valence-electron chi connectivity index (χ4n) is 3.43. The minimum absolute atomic E-state index is 0.0117. The fourth-order valence-corrected chi connectivity index (χ4v) is 4.34. The number of hydrogen-bond donors (Lipinski definition) is 0. The highest BCUT2D eigenvalue weighted by atomic mass is 32.2. The van der Waals surface area contributed by atoms with Crippen molar-refractivity contribution in [3.8, 4) is 0 Å². The molecule has 2 aromatic heterocycles. The third-order valence-corrected chi connectivity index (χ3v) is 5.73. The fraction of sp³-hybridized carbons (Fsp3) is 0.400. The van der Waals surface area contributed by atoms with E-state index in [2.05, 4.69) is 0 Å². The van der Waals surface area contributed by atoms with Gasteiger partial charge in [0.1, 0.15) is 0 Å².